The van der Waals surface area contributed by atoms with E-state index in [0.717, 1.165) is 40.6 Å². The number of carbonyl (C=O) groups excluding carboxylic acids is 8. The molecule has 40 heteroatoms. The smallest absolute Gasteiger partial charge is 0.418 e. The van der Waals surface area contributed by atoms with Gasteiger partial charge < -0.3 is 67.0 Å². The summed E-state index contributed by atoms with van der Waals surface area (Å²) in [5, 5.41) is 15.6. The fourth-order valence-electron chi connectivity index (χ4n) is 9.73. The molecule has 12 atom stereocenters. The van der Waals surface area contributed by atoms with E-state index in [-0.39, 0.29) is 103 Å². The van der Waals surface area contributed by atoms with Crippen LogP contribution in [0.15, 0.2) is 61.7 Å². The number of hydrogen-bond donors (Lipinski definition) is 9. The standard InChI is InChI=1S/C51H61F2N17O17P2S2/c1-25(2)37(66-32(72)14-17-68-33(73)12-13-34(68)74)47(76)65-28(6-4-15-56-50(55)77)46(75)64-27-10-8-26(9-11-27)18-81-51(78)57-16-5-7-31(71)67-43-39-45(61-22-59-43)70(24-63-39)49-36(53)41-29(84-49)19-82-88(79,90)86-40-30(20-83-89(80,87-41)91-3)85-48(35(40)52)69-23-62-38-42(54)58-21-60-44(38)69/h3,8-13,21-25,28-30,35-37,40-41,48-49H,4-7,14-20H2,1-2H3,(H,57,78)(H,64,75)(H,65,76)(H,66,72)(H,79,90)(H2,54,58,60)(H3,55,56,77)(H,59,61,67,71)/t28-,29+,30+,35+,36+,37-,40+,41+,48+,49+,88?,89+/m0/s1. The van der Waals surface area contributed by atoms with Gasteiger partial charge in [0.25, 0.3) is 11.8 Å². The Morgan fingerprint density at radius 3 is 2.07 bits per heavy atom. The maximum absolute atomic E-state index is 16.8. The molecule has 34 nitrogen and oxygen atoms in total. The Balaban J connectivity index is 0.735. The summed E-state index contributed by atoms with van der Waals surface area (Å²) in [6.07, 6.45) is -8.04. The fourth-order valence-corrected chi connectivity index (χ4v) is 13.0. The van der Waals surface area contributed by atoms with E-state index in [0.29, 0.717) is 11.3 Å². The largest absolute Gasteiger partial charge is 0.445 e. The molecule has 0 saturated carbocycles. The Morgan fingerprint density at radius 1 is 0.802 bits per heavy atom. The van der Waals surface area contributed by atoms with Crippen molar-refractivity contribution in [3.8, 4) is 5.69 Å². The first-order valence-corrected chi connectivity index (χ1v) is 33.5. The number of carbonyl (C=O) groups is 8. The molecule has 91 heavy (non-hydrogen) atoms. The van der Waals surface area contributed by atoms with Crippen LogP contribution in [0, 0.1) is 11.6 Å². The van der Waals surface area contributed by atoms with E-state index >= 15 is 8.78 Å². The zero-order valence-electron chi connectivity index (χ0n) is 48.1. The summed E-state index contributed by atoms with van der Waals surface area (Å²) in [6, 6.07) is 3.15. The van der Waals surface area contributed by atoms with Crippen molar-refractivity contribution in [3.63, 3.8) is 0 Å². The van der Waals surface area contributed by atoms with E-state index in [1.165, 1.54) is 23.0 Å². The summed E-state index contributed by atoms with van der Waals surface area (Å²) >= 11 is 5.25. The second kappa shape index (κ2) is 29.4. The molecular weight excluding hydrogens is 1290 g/mol. The molecule has 9 rings (SSSR count). The van der Waals surface area contributed by atoms with E-state index in [9.17, 15) is 47.8 Å². The monoisotopic (exact) mass is 1350 g/mol. The third kappa shape index (κ3) is 16.5. The number of aromatic nitrogens is 8. The molecule has 5 aromatic rings. The maximum Gasteiger partial charge on any atom is 0.418 e. The predicted octanol–water partition coefficient (Wildman–Crippen LogP) is 2.16. The number of nitrogens with one attached hydrogen (secondary N) is 6. The molecule has 0 bridgehead atoms. The molecule has 4 aliphatic heterocycles. The number of fused-ring (bicyclic) bond motifs is 4. The van der Waals surface area contributed by atoms with Gasteiger partial charge in [0.15, 0.2) is 53.2 Å². The second-order valence-corrected chi connectivity index (χ2v) is 27.3. The van der Waals surface area contributed by atoms with Crippen LogP contribution in [-0.2, 0) is 84.1 Å². The van der Waals surface area contributed by atoms with Gasteiger partial charge in [0.2, 0.25) is 23.6 Å². The van der Waals surface area contributed by atoms with E-state index < -0.39 is 142 Å². The molecule has 488 valence electrons. The van der Waals surface area contributed by atoms with Crippen LogP contribution in [0.4, 0.5) is 35.7 Å². The van der Waals surface area contributed by atoms with Crippen molar-refractivity contribution in [2.45, 2.75) is 114 Å². The molecule has 1 unspecified atom stereocenters. The number of amides is 9. The van der Waals surface area contributed by atoms with Crippen molar-refractivity contribution in [2.24, 2.45) is 11.7 Å². The Hall–Kier alpha value is -8.12. The van der Waals surface area contributed by atoms with Gasteiger partial charge in [0, 0.05) is 50.3 Å². The number of nitrogens with two attached hydrogens (primary N) is 2. The van der Waals surface area contributed by atoms with Gasteiger partial charge in [-0.25, -0.2) is 52.8 Å². The summed E-state index contributed by atoms with van der Waals surface area (Å²) in [6.45, 7) is -7.44. The lowest BCUT2D eigenvalue weighted by Gasteiger charge is -2.29. The Kier molecular flexibility index (Phi) is 21.8. The number of imidazole rings is 2. The van der Waals surface area contributed by atoms with Crippen molar-refractivity contribution in [3.05, 3.63) is 67.3 Å². The van der Waals surface area contributed by atoms with E-state index in [4.69, 9.17) is 61.3 Å². The molecule has 1 aromatic carbocycles. The summed E-state index contributed by atoms with van der Waals surface area (Å²) in [5.74, 6) is -4.14. The number of hydrogen-bond acceptors (Lipinski definition) is 24. The van der Waals surface area contributed by atoms with Gasteiger partial charge in [-0.3, -0.25) is 56.4 Å². The number of imide groups is 1. The number of nitrogen functional groups attached to an aromatic ring is 1. The van der Waals surface area contributed by atoms with Gasteiger partial charge in [0.1, 0.15) is 61.3 Å². The van der Waals surface area contributed by atoms with E-state index in [2.05, 4.69) is 61.8 Å². The van der Waals surface area contributed by atoms with Gasteiger partial charge in [0.05, 0.1) is 25.9 Å². The number of primary amides is 1. The summed E-state index contributed by atoms with van der Waals surface area (Å²) < 4.78 is 89.4. The van der Waals surface area contributed by atoms with E-state index in [1.54, 1.807) is 26.0 Å². The number of anilines is 3. The number of alkyl carbamates (subject to hydrolysis) is 1. The lowest BCUT2D eigenvalue weighted by Crippen LogP contribution is -2.54. The maximum atomic E-state index is 16.8. The van der Waals surface area contributed by atoms with Crippen LogP contribution < -0.4 is 43.4 Å². The van der Waals surface area contributed by atoms with Crippen LogP contribution in [0.1, 0.15) is 64.0 Å². The molecule has 3 saturated heterocycles. The minimum Gasteiger partial charge on any atom is -0.445 e. The summed E-state index contributed by atoms with van der Waals surface area (Å²) in [4.78, 5) is 138. The SMILES string of the molecule is C#S[P@]1(=O)OC[C@H]2O[C@@H](n3cnc4c(N)ncnc43)[C@H](F)[C@@H]2OP(O)(=S)OC[C@H]2O[C@@H](n3cnc4c(NC(=O)CCCNC(=O)OCc5ccc(NC(=O)[C@H](CCCNC(N)=O)NC(=O)[C@@H](NC(=O)CCN6C(=O)C=CC6=O)C(C)C)cc5)ncnc43)[C@H](F)[C@@H]2O1. The van der Waals surface area contributed by atoms with Crippen LogP contribution in [0.5, 0.6) is 0 Å². The molecule has 4 aliphatic rings. The quantitative estimate of drug-likeness (QED) is 0.0272. The zero-order chi connectivity index (χ0) is 65.3. The van der Waals surface area contributed by atoms with Gasteiger partial charge in [-0.1, -0.05) is 31.7 Å². The number of benzene rings is 1. The summed E-state index contributed by atoms with van der Waals surface area (Å²) in [7, 11) is 0.114. The number of alkyl halides is 2. The average molecular weight is 1350 g/mol. The first-order chi connectivity index (χ1) is 43.4. The van der Waals surface area contributed by atoms with Crippen LogP contribution in [-0.4, -0.2) is 178 Å². The molecular formula is C51H61F2N17O17P2S2. The Morgan fingerprint density at radius 2 is 1.42 bits per heavy atom. The highest BCUT2D eigenvalue weighted by Crippen LogP contribution is 2.60. The van der Waals surface area contributed by atoms with Crippen molar-refractivity contribution >= 4 is 123 Å². The van der Waals surface area contributed by atoms with Crippen LogP contribution in [0.2, 0.25) is 0 Å². The fraction of sp³-hybridized carbons (Fsp3) is 0.471. The topological polar surface area (TPSA) is 453 Å². The van der Waals surface area contributed by atoms with Crippen LogP contribution in [0.25, 0.3) is 22.3 Å². The zero-order valence-corrected chi connectivity index (χ0v) is 51.5. The van der Waals surface area contributed by atoms with Gasteiger partial charge >= 0.3 is 25.6 Å². The first-order valence-electron chi connectivity index (χ1n) is 27.8. The van der Waals surface area contributed by atoms with Crippen molar-refractivity contribution < 1.29 is 88.9 Å². The molecule has 0 spiro atoms. The Bertz CT molecular complexity index is 3750. The molecule has 3 fully saturated rings. The molecule has 4 aromatic heterocycles. The number of ether oxygens (including phenoxy) is 3. The lowest BCUT2D eigenvalue weighted by molar-refractivity contribution is -0.137. The van der Waals surface area contributed by atoms with Crippen molar-refractivity contribution in [1.82, 2.24) is 65.2 Å². The third-order valence-electron chi connectivity index (χ3n) is 14.3. The van der Waals surface area contributed by atoms with Crippen LogP contribution >= 0.6 is 24.3 Å². The first kappa shape index (κ1) is 67.3. The normalized spacial score (nSPS) is 25.6. The lowest BCUT2D eigenvalue weighted by atomic mass is 10.0. The molecule has 9 amide bonds. The van der Waals surface area contributed by atoms with Gasteiger partial charge in [-0.05, 0) is 65.5 Å². The van der Waals surface area contributed by atoms with E-state index in [1.807, 2.05) is 0 Å². The highest BCUT2D eigenvalue weighted by Gasteiger charge is 2.54. The van der Waals surface area contributed by atoms with Gasteiger partial charge in [-0.15, -0.1) is 0 Å². The molecule has 8 heterocycles. The average Bonchev–Trinajstić information content (AvgIpc) is 1.69. The molecule has 0 radical (unpaired) electrons. The highest BCUT2D eigenvalue weighted by atomic mass is 32.7. The number of rotatable bonds is 22. The number of nitrogens with zero attached hydrogens (tertiary/aromatic N) is 9. The van der Waals surface area contributed by atoms with Crippen molar-refractivity contribution in [1.29, 1.82) is 0 Å². The van der Waals surface area contributed by atoms with Crippen molar-refractivity contribution in [2.75, 3.05) is 49.2 Å². The van der Waals surface area contributed by atoms with Gasteiger partial charge in [-0.2, -0.15) is 0 Å². The second-order valence-electron chi connectivity index (χ2n) is 20.9. The third-order valence-corrected chi connectivity index (χ3v) is 18.4. The number of urea groups is 1. The van der Waals surface area contributed by atoms with Crippen LogP contribution in [0.3, 0.4) is 0 Å². The minimum absolute atomic E-state index is 0.00260. The Labute approximate surface area is 523 Å². The summed E-state index contributed by atoms with van der Waals surface area (Å²) in [5.41, 5.74) is 17.9. The minimum atomic E-state index is -4.56. The highest BCUT2D eigenvalue weighted by molar-refractivity contribution is 8.48. The molecule has 11 N–H and O–H groups in total. The number of halogens is 2. The molecule has 0 aliphatic carbocycles. The predicted molar refractivity (Wildman–Crippen MR) is 318 cm³/mol.